The van der Waals surface area contributed by atoms with Gasteiger partial charge in [0.25, 0.3) is 0 Å². The molecule has 1 aromatic carbocycles. The van der Waals surface area contributed by atoms with E-state index in [-0.39, 0.29) is 0 Å². The Kier molecular flexibility index (Phi) is 5.30. The van der Waals surface area contributed by atoms with E-state index in [0.717, 1.165) is 19.6 Å². The van der Waals surface area contributed by atoms with Crippen molar-refractivity contribution in [2.75, 3.05) is 32.7 Å². The lowest BCUT2D eigenvalue weighted by Crippen LogP contribution is -2.49. The van der Waals surface area contributed by atoms with E-state index in [1.165, 1.54) is 0 Å². The Morgan fingerprint density at radius 3 is 2.38 bits per heavy atom. The molecule has 0 spiro atoms. The molecule has 0 radical (unpaired) electrons. The highest BCUT2D eigenvalue weighted by atomic mass is 35.5. The summed E-state index contributed by atoms with van der Waals surface area (Å²) in [4.78, 5) is 2.65. The van der Waals surface area contributed by atoms with Crippen molar-refractivity contribution in [3.05, 3.63) is 28.8 Å². The van der Waals surface area contributed by atoms with Crippen LogP contribution in [0.15, 0.2) is 23.1 Å². The van der Waals surface area contributed by atoms with Gasteiger partial charge in [-0.25, -0.2) is 8.42 Å². The number of hydrogen-bond acceptors (Lipinski definition) is 3. The number of sulfonamides is 1. The molecular weight excluding hydrogens is 308 g/mol. The molecule has 0 amide bonds. The van der Waals surface area contributed by atoms with Gasteiger partial charge >= 0.3 is 0 Å². The first kappa shape index (κ1) is 16.7. The minimum Gasteiger partial charge on any atom is -0.300 e. The SMILES string of the molecule is Cc1c(Cl)cccc1S(=O)(=O)N1CCN(CC(C)C)CC1. The number of nitrogens with zero attached hydrogens (tertiary/aromatic N) is 2. The summed E-state index contributed by atoms with van der Waals surface area (Å²) in [5.41, 5.74) is 0.628. The van der Waals surface area contributed by atoms with Crippen LogP contribution in [0.4, 0.5) is 0 Å². The molecule has 1 heterocycles. The normalized spacial score (nSPS) is 18.3. The Bertz CT molecular complexity index is 594. The van der Waals surface area contributed by atoms with E-state index >= 15 is 0 Å². The van der Waals surface area contributed by atoms with Gasteiger partial charge in [0.15, 0.2) is 0 Å². The van der Waals surface area contributed by atoms with Crippen LogP contribution in [0.2, 0.25) is 5.02 Å². The summed E-state index contributed by atoms with van der Waals surface area (Å²) in [6.45, 7) is 9.79. The Hall–Kier alpha value is -0.620. The summed E-state index contributed by atoms with van der Waals surface area (Å²) in [7, 11) is -3.44. The van der Waals surface area contributed by atoms with E-state index in [1.54, 1.807) is 29.4 Å². The van der Waals surface area contributed by atoms with Crippen molar-refractivity contribution in [1.82, 2.24) is 9.21 Å². The molecule has 1 saturated heterocycles. The van der Waals surface area contributed by atoms with Crippen LogP contribution in [-0.4, -0.2) is 50.3 Å². The summed E-state index contributed by atoms with van der Waals surface area (Å²) < 4.78 is 27.0. The van der Waals surface area contributed by atoms with E-state index in [9.17, 15) is 8.42 Å². The maximum Gasteiger partial charge on any atom is 0.243 e. The van der Waals surface area contributed by atoms with Crippen LogP contribution in [0, 0.1) is 12.8 Å². The van der Waals surface area contributed by atoms with Crippen LogP contribution in [0.3, 0.4) is 0 Å². The first-order chi connectivity index (χ1) is 9.82. The highest BCUT2D eigenvalue weighted by molar-refractivity contribution is 7.89. The second kappa shape index (κ2) is 6.65. The molecule has 0 saturated carbocycles. The van der Waals surface area contributed by atoms with Gasteiger partial charge in [-0.3, -0.25) is 0 Å². The lowest BCUT2D eigenvalue weighted by atomic mass is 10.2. The average Bonchev–Trinajstić information content (AvgIpc) is 2.41. The molecule has 1 aliphatic rings. The van der Waals surface area contributed by atoms with Gasteiger partial charge in [-0.15, -0.1) is 0 Å². The predicted molar refractivity (Wildman–Crippen MR) is 86.2 cm³/mol. The summed E-state index contributed by atoms with van der Waals surface area (Å²) in [5.74, 6) is 0.600. The standard InChI is InChI=1S/C15H23ClN2O2S/c1-12(2)11-17-7-9-18(10-8-17)21(19,20)15-6-4-5-14(16)13(15)3/h4-6,12H,7-11H2,1-3H3. The van der Waals surface area contributed by atoms with Gasteiger partial charge in [0.05, 0.1) is 4.90 Å². The third kappa shape index (κ3) is 3.77. The fourth-order valence-electron chi connectivity index (χ4n) is 2.68. The largest absolute Gasteiger partial charge is 0.300 e. The molecule has 0 N–H and O–H groups in total. The van der Waals surface area contributed by atoms with Gasteiger partial charge in [-0.05, 0) is 30.5 Å². The summed E-state index contributed by atoms with van der Waals surface area (Å²) in [6.07, 6.45) is 0. The Labute approximate surface area is 132 Å². The van der Waals surface area contributed by atoms with Crippen molar-refractivity contribution in [3.8, 4) is 0 Å². The molecule has 4 nitrogen and oxygen atoms in total. The molecular formula is C15H23ClN2O2S. The molecule has 6 heteroatoms. The minimum absolute atomic E-state index is 0.326. The molecule has 1 aliphatic heterocycles. The third-order valence-electron chi connectivity index (χ3n) is 3.79. The first-order valence-electron chi connectivity index (χ1n) is 7.30. The van der Waals surface area contributed by atoms with Crippen LogP contribution < -0.4 is 0 Å². The fraction of sp³-hybridized carbons (Fsp3) is 0.600. The van der Waals surface area contributed by atoms with Crippen molar-refractivity contribution in [3.63, 3.8) is 0 Å². The Morgan fingerprint density at radius 2 is 1.81 bits per heavy atom. The van der Waals surface area contributed by atoms with Gasteiger partial charge in [0.1, 0.15) is 0 Å². The molecule has 0 bridgehead atoms. The van der Waals surface area contributed by atoms with Crippen LogP contribution >= 0.6 is 11.6 Å². The zero-order chi connectivity index (χ0) is 15.6. The molecule has 0 atom stereocenters. The number of rotatable bonds is 4. The molecule has 1 aromatic rings. The topological polar surface area (TPSA) is 40.6 Å². The maximum atomic E-state index is 12.7. The Balaban J connectivity index is 2.13. The number of hydrogen-bond donors (Lipinski definition) is 0. The quantitative estimate of drug-likeness (QED) is 0.852. The molecule has 0 aromatic heterocycles. The zero-order valence-electron chi connectivity index (χ0n) is 12.8. The summed E-state index contributed by atoms with van der Waals surface area (Å²) in [5, 5.41) is 0.495. The van der Waals surface area contributed by atoms with Crippen molar-refractivity contribution in [2.45, 2.75) is 25.7 Å². The fourth-order valence-corrected chi connectivity index (χ4v) is 4.58. The first-order valence-corrected chi connectivity index (χ1v) is 9.12. The molecule has 0 unspecified atom stereocenters. The second-order valence-electron chi connectivity index (χ2n) is 5.96. The highest BCUT2D eigenvalue weighted by Crippen LogP contribution is 2.26. The van der Waals surface area contributed by atoms with E-state index in [2.05, 4.69) is 18.7 Å². The second-order valence-corrected chi connectivity index (χ2v) is 8.28. The number of benzene rings is 1. The van der Waals surface area contributed by atoms with Crippen LogP contribution in [-0.2, 0) is 10.0 Å². The van der Waals surface area contributed by atoms with E-state index in [1.807, 2.05) is 0 Å². The third-order valence-corrected chi connectivity index (χ3v) is 6.24. The van der Waals surface area contributed by atoms with Crippen molar-refractivity contribution in [2.24, 2.45) is 5.92 Å². The van der Waals surface area contributed by atoms with Crippen molar-refractivity contribution >= 4 is 21.6 Å². The maximum absolute atomic E-state index is 12.7. The van der Waals surface area contributed by atoms with Gasteiger partial charge < -0.3 is 4.90 Å². The molecule has 118 valence electrons. The summed E-state index contributed by atoms with van der Waals surface area (Å²) in [6, 6.07) is 5.05. The summed E-state index contributed by atoms with van der Waals surface area (Å²) >= 11 is 6.05. The molecule has 21 heavy (non-hydrogen) atoms. The van der Waals surface area contributed by atoms with Gasteiger partial charge in [0, 0.05) is 37.7 Å². The smallest absolute Gasteiger partial charge is 0.243 e. The van der Waals surface area contributed by atoms with Crippen LogP contribution in [0.5, 0.6) is 0 Å². The lowest BCUT2D eigenvalue weighted by molar-refractivity contribution is 0.172. The van der Waals surface area contributed by atoms with Crippen LogP contribution in [0.1, 0.15) is 19.4 Å². The lowest BCUT2D eigenvalue weighted by Gasteiger charge is -2.35. The Morgan fingerprint density at radius 1 is 1.19 bits per heavy atom. The van der Waals surface area contributed by atoms with E-state index < -0.39 is 10.0 Å². The zero-order valence-corrected chi connectivity index (χ0v) is 14.4. The molecule has 2 rings (SSSR count). The van der Waals surface area contributed by atoms with Crippen molar-refractivity contribution < 1.29 is 8.42 Å². The minimum atomic E-state index is -3.44. The number of halogens is 1. The predicted octanol–water partition coefficient (Wildman–Crippen LogP) is 2.61. The van der Waals surface area contributed by atoms with Gasteiger partial charge in [-0.1, -0.05) is 31.5 Å². The molecule has 1 fully saturated rings. The van der Waals surface area contributed by atoms with E-state index in [4.69, 9.17) is 11.6 Å². The molecule has 0 aliphatic carbocycles. The van der Waals surface area contributed by atoms with Gasteiger partial charge in [-0.2, -0.15) is 4.31 Å². The monoisotopic (exact) mass is 330 g/mol. The van der Waals surface area contributed by atoms with Crippen LogP contribution in [0.25, 0.3) is 0 Å². The highest BCUT2D eigenvalue weighted by Gasteiger charge is 2.29. The van der Waals surface area contributed by atoms with Crippen molar-refractivity contribution in [1.29, 1.82) is 0 Å². The number of piperazine rings is 1. The van der Waals surface area contributed by atoms with Gasteiger partial charge in [0.2, 0.25) is 10.0 Å². The average molecular weight is 331 g/mol. The van der Waals surface area contributed by atoms with E-state index in [0.29, 0.717) is 34.5 Å².